The molecule has 4 nitrogen and oxygen atoms in total. The predicted octanol–water partition coefficient (Wildman–Crippen LogP) is 2.97. The first-order valence-electron chi connectivity index (χ1n) is 6.90. The zero-order valence-electron chi connectivity index (χ0n) is 10.8. The first-order chi connectivity index (χ1) is 8.75. The number of carbonyl (C=O) groups is 1. The smallest absolute Gasteiger partial charge is 0.226 e. The van der Waals surface area contributed by atoms with E-state index in [1.54, 1.807) is 6.33 Å². The molecule has 1 aromatic heterocycles. The molecule has 2 heterocycles. The molecule has 96 valence electrons. The van der Waals surface area contributed by atoms with Gasteiger partial charge in [0.2, 0.25) is 5.91 Å². The highest BCUT2D eigenvalue weighted by molar-refractivity contribution is 5.93. The maximum Gasteiger partial charge on any atom is 0.226 e. The fourth-order valence-electron chi connectivity index (χ4n) is 3.26. The number of amides is 1. The van der Waals surface area contributed by atoms with Crippen molar-refractivity contribution in [2.45, 2.75) is 57.3 Å². The van der Waals surface area contributed by atoms with Gasteiger partial charge in [0.05, 0.1) is 5.69 Å². The van der Waals surface area contributed by atoms with E-state index in [9.17, 15) is 4.79 Å². The summed E-state index contributed by atoms with van der Waals surface area (Å²) in [5.74, 6) is 1.62. The molecule has 1 aliphatic heterocycles. The van der Waals surface area contributed by atoms with Gasteiger partial charge in [-0.3, -0.25) is 4.79 Å². The largest absolute Gasteiger partial charge is 0.310 e. The minimum absolute atomic E-state index is 0.0725. The van der Waals surface area contributed by atoms with E-state index in [4.69, 9.17) is 0 Å². The molecule has 1 atom stereocenters. The van der Waals surface area contributed by atoms with Gasteiger partial charge in [0.25, 0.3) is 0 Å². The van der Waals surface area contributed by atoms with Crippen LogP contribution in [-0.2, 0) is 4.79 Å². The van der Waals surface area contributed by atoms with Crippen molar-refractivity contribution in [1.82, 2.24) is 9.97 Å². The number of rotatable bonds is 1. The molecule has 0 aromatic carbocycles. The number of aromatic nitrogens is 2. The lowest BCUT2D eigenvalue weighted by Gasteiger charge is -2.28. The van der Waals surface area contributed by atoms with Crippen LogP contribution in [0.1, 0.15) is 68.5 Å². The molecule has 1 aromatic rings. The Morgan fingerprint density at radius 2 is 2.00 bits per heavy atom. The van der Waals surface area contributed by atoms with Crippen LogP contribution in [0.2, 0.25) is 0 Å². The summed E-state index contributed by atoms with van der Waals surface area (Å²) in [4.78, 5) is 20.3. The fraction of sp³-hybridized carbons (Fsp3) is 0.643. The zero-order valence-corrected chi connectivity index (χ0v) is 10.8. The quantitative estimate of drug-likeness (QED) is 0.827. The summed E-state index contributed by atoms with van der Waals surface area (Å²) in [6.45, 7) is 2.10. The predicted molar refractivity (Wildman–Crippen MR) is 69.5 cm³/mol. The van der Waals surface area contributed by atoms with Gasteiger partial charge in [-0.25, -0.2) is 9.97 Å². The van der Waals surface area contributed by atoms with Crippen molar-refractivity contribution in [2.75, 3.05) is 5.32 Å². The maximum absolute atomic E-state index is 11.6. The molecule has 1 fully saturated rings. The topological polar surface area (TPSA) is 54.9 Å². The Hall–Kier alpha value is -1.45. The van der Waals surface area contributed by atoms with E-state index < -0.39 is 0 Å². The van der Waals surface area contributed by atoms with Crippen LogP contribution >= 0.6 is 0 Å². The van der Waals surface area contributed by atoms with Gasteiger partial charge in [-0.2, -0.15) is 0 Å². The highest BCUT2D eigenvalue weighted by Crippen LogP contribution is 2.39. The molecule has 0 unspecified atom stereocenters. The molecule has 0 spiro atoms. The number of fused-ring (bicyclic) bond motifs is 1. The third kappa shape index (κ3) is 2.00. The van der Waals surface area contributed by atoms with E-state index in [0.29, 0.717) is 12.3 Å². The molecule has 1 amide bonds. The molecular weight excluding hydrogens is 226 g/mol. The van der Waals surface area contributed by atoms with Crippen LogP contribution in [0.3, 0.4) is 0 Å². The molecule has 1 saturated carbocycles. The van der Waals surface area contributed by atoms with Gasteiger partial charge in [0.15, 0.2) is 0 Å². The Morgan fingerprint density at radius 3 is 2.78 bits per heavy atom. The first-order valence-corrected chi connectivity index (χ1v) is 6.90. The number of carbonyl (C=O) groups excluding carboxylic acids is 1. The van der Waals surface area contributed by atoms with Crippen molar-refractivity contribution < 1.29 is 4.79 Å². The van der Waals surface area contributed by atoms with Crippen LogP contribution in [0.25, 0.3) is 0 Å². The Labute approximate surface area is 107 Å². The number of nitrogens with one attached hydrogen (secondary N) is 1. The van der Waals surface area contributed by atoms with Crippen molar-refractivity contribution in [3.05, 3.63) is 17.6 Å². The van der Waals surface area contributed by atoms with E-state index in [-0.39, 0.29) is 11.8 Å². The second-order valence-corrected chi connectivity index (χ2v) is 5.51. The van der Waals surface area contributed by atoms with Gasteiger partial charge in [0.1, 0.15) is 12.1 Å². The summed E-state index contributed by atoms with van der Waals surface area (Å²) in [7, 11) is 0. The molecule has 0 saturated heterocycles. The van der Waals surface area contributed by atoms with E-state index in [1.165, 1.54) is 43.4 Å². The van der Waals surface area contributed by atoms with Crippen molar-refractivity contribution in [3.63, 3.8) is 0 Å². The Balaban J connectivity index is 2.00. The molecule has 0 radical (unpaired) electrons. The molecule has 0 bridgehead atoms. The summed E-state index contributed by atoms with van der Waals surface area (Å²) >= 11 is 0. The lowest BCUT2D eigenvalue weighted by Crippen LogP contribution is -2.25. The lowest BCUT2D eigenvalue weighted by molar-refractivity contribution is -0.116. The first kappa shape index (κ1) is 11.6. The monoisotopic (exact) mass is 245 g/mol. The van der Waals surface area contributed by atoms with Gasteiger partial charge in [-0.05, 0) is 18.8 Å². The molecule has 4 heteroatoms. The second-order valence-electron chi connectivity index (χ2n) is 5.51. The van der Waals surface area contributed by atoms with Gasteiger partial charge in [0, 0.05) is 17.9 Å². The Morgan fingerprint density at radius 1 is 1.22 bits per heavy atom. The average molecular weight is 245 g/mol. The third-order valence-electron chi connectivity index (χ3n) is 4.15. The average Bonchev–Trinajstić information content (AvgIpc) is 2.38. The highest BCUT2D eigenvalue weighted by Gasteiger charge is 2.29. The lowest BCUT2D eigenvalue weighted by atomic mass is 9.81. The van der Waals surface area contributed by atoms with Gasteiger partial charge < -0.3 is 5.32 Å². The number of hydrogen-bond acceptors (Lipinski definition) is 3. The van der Waals surface area contributed by atoms with Crippen molar-refractivity contribution >= 4 is 11.7 Å². The summed E-state index contributed by atoms with van der Waals surface area (Å²) in [5.41, 5.74) is 2.37. The number of hydrogen-bond donors (Lipinski definition) is 1. The van der Waals surface area contributed by atoms with E-state index in [1.807, 2.05) is 0 Å². The van der Waals surface area contributed by atoms with Gasteiger partial charge >= 0.3 is 0 Å². The summed E-state index contributed by atoms with van der Waals surface area (Å²) in [5, 5.41) is 2.88. The van der Waals surface area contributed by atoms with Crippen LogP contribution in [0, 0.1) is 0 Å². The number of anilines is 1. The van der Waals surface area contributed by atoms with Gasteiger partial charge in [-0.1, -0.05) is 26.2 Å². The molecule has 1 aliphatic carbocycles. The Bertz CT molecular complexity index is 466. The van der Waals surface area contributed by atoms with E-state index >= 15 is 0 Å². The van der Waals surface area contributed by atoms with Crippen molar-refractivity contribution in [1.29, 1.82) is 0 Å². The van der Waals surface area contributed by atoms with Gasteiger partial charge in [-0.15, -0.1) is 0 Å². The van der Waals surface area contributed by atoms with Crippen LogP contribution in [0.4, 0.5) is 5.82 Å². The molecular formula is C14H19N3O. The Kier molecular flexibility index (Phi) is 3.02. The molecule has 2 aliphatic rings. The summed E-state index contributed by atoms with van der Waals surface area (Å²) < 4.78 is 0. The highest BCUT2D eigenvalue weighted by atomic mass is 16.1. The van der Waals surface area contributed by atoms with Crippen LogP contribution < -0.4 is 5.32 Å². The maximum atomic E-state index is 11.6. The fourth-order valence-corrected chi connectivity index (χ4v) is 3.26. The summed E-state index contributed by atoms with van der Waals surface area (Å²) in [6.07, 6.45) is 8.54. The molecule has 1 N–H and O–H groups in total. The van der Waals surface area contributed by atoms with Crippen molar-refractivity contribution in [2.24, 2.45) is 0 Å². The molecule has 18 heavy (non-hydrogen) atoms. The van der Waals surface area contributed by atoms with Crippen LogP contribution in [0.15, 0.2) is 6.33 Å². The van der Waals surface area contributed by atoms with Crippen LogP contribution in [0.5, 0.6) is 0 Å². The van der Waals surface area contributed by atoms with E-state index in [0.717, 1.165) is 5.82 Å². The SMILES string of the molecule is C[C@@H]1CC(=O)Nc2ncnc(C3CCCCC3)c21. The van der Waals surface area contributed by atoms with E-state index in [2.05, 4.69) is 22.2 Å². The summed E-state index contributed by atoms with van der Waals surface area (Å²) in [6, 6.07) is 0. The van der Waals surface area contributed by atoms with Crippen molar-refractivity contribution in [3.8, 4) is 0 Å². The standard InChI is InChI=1S/C14H19N3O/c1-9-7-11(18)17-14-12(9)13(15-8-16-14)10-5-3-2-4-6-10/h8-10H,2-7H2,1H3,(H,15,16,17,18)/t9-/m1/s1. The zero-order chi connectivity index (χ0) is 12.5. The third-order valence-corrected chi connectivity index (χ3v) is 4.15. The second kappa shape index (κ2) is 4.67. The molecule has 3 rings (SSSR count). The minimum Gasteiger partial charge on any atom is -0.310 e. The number of nitrogens with zero attached hydrogens (tertiary/aromatic N) is 2. The normalized spacial score (nSPS) is 24.5. The van der Waals surface area contributed by atoms with Crippen LogP contribution in [-0.4, -0.2) is 15.9 Å². The minimum atomic E-state index is 0.0725.